The highest BCUT2D eigenvalue weighted by Gasteiger charge is 2.14. The summed E-state index contributed by atoms with van der Waals surface area (Å²) in [5.74, 6) is 1.59. The van der Waals surface area contributed by atoms with Gasteiger partial charge in [0.15, 0.2) is 5.65 Å². The quantitative estimate of drug-likeness (QED) is 0.732. The number of hydrogen-bond acceptors (Lipinski definition) is 4. The van der Waals surface area contributed by atoms with Crippen molar-refractivity contribution in [3.63, 3.8) is 0 Å². The average molecular weight is 326 g/mol. The molecule has 0 amide bonds. The minimum atomic E-state index is -0.777. The van der Waals surface area contributed by atoms with Crippen molar-refractivity contribution in [1.82, 2.24) is 9.38 Å². The van der Waals surface area contributed by atoms with Crippen LogP contribution in [0.3, 0.4) is 0 Å². The lowest BCUT2D eigenvalue weighted by Gasteiger charge is -2.12. The summed E-state index contributed by atoms with van der Waals surface area (Å²) in [6, 6.07) is 12.1. The number of fused-ring (bicyclic) bond motifs is 3. The molecule has 0 aliphatic rings. The number of benzene rings is 1. The van der Waals surface area contributed by atoms with E-state index in [4.69, 9.17) is 0 Å². The van der Waals surface area contributed by atoms with Gasteiger partial charge in [0, 0.05) is 29.4 Å². The molecular weight excluding hydrogens is 308 g/mol. The van der Waals surface area contributed by atoms with E-state index >= 15 is 0 Å². The molecule has 0 saturated heterocycles. The van der Waals surface area contributed by atoms with E-state index in [1.165, 1.54) is 0 Å². The third kappa shape index (κ3) is 2.92. The second kappa shape index (κ2) is 6.39. The summed E-state index contributed by atoms with van der Waals surface area (Å²) in [5, 5.41) is 12.8. The third-order valence-corrected chi connectivity index (χ3v) is 4.66. The zero-order chi connectivity index (χ0) is 16.4. The number of aryl methyl sites for hydroxylation is 1. The van der Waals surface area contributed by atoms with Gasteiger partial charge in [-0.05, 0) is 37.1 Å². The number of anilines is 1. The van der Waals surface area contributed by atoms with Crippen molar-refractivity contribution in [2.45, 2.75) is 13.3 Å². The van der Waals surface area contributed by atoms with Crippen LogP contribution in [0.5, 0.6) is 0 Å². The van der Waals surface area contributed by atoms with Gasteiger partial charge in [-0.2, -0.15) is 5.26 Å². The summed E-state index contributed by atoms with van der Waals surface area (Å²) in [4.78, 5) is 4.62. The normalized spacial score (nSPS) is 12.4. The molecule has 2 aromatic heterocycles. The van der Waals surface area contributed by atoms with Crippen molar-refractivity contribution in [2.75, 3.05) is 23.9 Å². The smallest absolute Gasteiger partial charge is 0.157 e. The molecule has 3 rings (SSSR count). The Bertz CT molecular complexity index is 939. The molecule has 6 heteroatoms. The molecule has 0 spiro atoms. The largest absolute Gasteiger partial charge is 0.371 e. The number of para-hydroxylation sites is 2. The van der Waals surface area contributed by atoms with Crippen LogP contribution >= 0.6 is 0 Å². The number of imidazole rings is 1. The van der Waals surface area contributed by atoms with E-state index in [1.54, 1.807) is 6.26 Å². The zero-order valence-electron chi connectivity index (χ0n) is 13.2. The maximum Gasteiger partial charge on any atom is 0.157 e. The fourth-order valence-corrected chi connectivity index (χ4v) is 3.27. The molecular formula is C17H18N4OS. The molecule has 1 aromatic carbocycles. The number of nitriles is 1. The standard InChI is InChI=1S/C17H18N4OS/c1-12-10-16(19-8-5-9-23(2)22)21-15-7-4-3-6-14(15)20-17(21)13(12)11-18/h3-4,6-7,10,19H,5,8-9H2,1-2H3. The fourth-order valence-electron chi connectivity index (χ4n) is 2.72. The Morgan fingerprint density at radius 2 is 2.17 bits per heavy atom. The average Bonchev–Trinajstić information content (AvgIpc) is 2.90. The van der Waals surface area contributed by atoms with Crippen LogP contribution < -0.4 is 5.32 Å². The maximum atomic E-state index is 11.2. The van der Waals surface area contributed by atoms with Crippen molar-refractivity contribution in [2.24, 2.45) is 0 Å². The van der Waals surface area contributed by atoms with Gasteiger partial charge >= 0.3 is 0 Å². The van der Waals surface area contributed by atoms with Crippen LogP contribution in [0.2, 0.25) is 0 Å². The lowest BCUT2D eigenvalue weighted by molar-refractivity contribution is 0.685. The van der Waals surface area contributed by atoms with Crippen LogP contribution in [0.4, 0.5) is 5.82 Å². The van der Waals surface area contributed by atoms with E-state index in [1.807, 2.05) is 41.7 Å². The molecule has 0 radical (unpaired) electrons. The highest BCUT2D eigenvalue weighted by Crippen LogP contribution is 2.26. The Hall–Kier alpha value is -2.39. The van der Waals surface area contributed by atoms with Gasteiger partial charge in [0.25, 0.3) is 0 Å². The summed E-state index contributed by atoms with van der Waals surface area (Å²) in [7, 11) is -0.777. The summed E-state index contributed by atoms with van der Waals surface area (Å²) in [6.07, 6.45) is 2.55. The Morgan fingerprint density at radius 3 is 2.91 bits per heavy atom. The first-order valence-electron chi connectivity index (χ1n) is 7.46. The third-order valence-electron chi connectivity index (χ3n) is 3.80. The highest BCUT2D eigenvalue weighted by molar-refractivity contribution is 7.84. The topological polar surface area (TPSA) is 70.2 Å². The predicted molar refractivity (Wildman–Crippen MR) is 94.2 cm³/mol. The van der Waals surface area contributed by atoms with Gasteiger partial charge in [-0.3, -0.25) is 8.61 Å². The van der Waals surface area contributed by atoms with E-state index < -0.39 is 10.8 Å². The van der Waals surface area contributed by atoms with E-state index in [0.717, 1.165) is 35.4 Å². The lowest BCUT2D eigenvalue weighted by atomic mass is 10.1. The Kier molecular flexibility index (Phi) is 4.30. The van der Waals surface area contributed by atoms with Crippen LogP contribution in [-0.2, 0) is 10.8 Å². The van der Waals surface area contributed by atoms with Gasteiger partial charge in [-0.15, -0.1) is 0 Å². The van der Waals surface area contributed by atoms with E-state index in [0.29, 0.717) is 17.0 Å². The molecule has 5 nitrogen and oxygen atoms in total. The van der Waals surface area contributed by atoms with Crippen LogP contribution in [0.1, 0.15) is 17.5 Å². The second-order valence-electron chi connectivity index (χ2n) is 5.52. The summed E-state index contributed by atoms with van der Waals surface area (Å²) in [5.41, 5.74) is 4.02. The number of hydrogen-bond donors (Lipinski definition) is 1. The molecule has 0 saturated carbocycles. The highest BCUT2D eigenvalue weighted by atomic mass is 32.2. The number of pyridine rings is 1. The Morgan fingerprint density at radius 1 is 1.39 bits per heavy atom. The summed E-state index contributed by atoms with van der Waals surface area (Å²) in [6.45, 7) is 2.65. The Balaban J connectivity index is 2.10. The molecule has 3 aromatic rings. The van der Waals surface area contributed by atoms with Crippen molar-refractivity contribution in [1.29, 1.82) is 5.26 Å². The van der Waals surface area contributed by atoms with Gasteiger partial charge in [0.05, 0.1) is 16.6 Å². The van der Waals surface area contributed by atoms with Crippen LogP contribution in [0.15, 0.2) is 30.3 Å². The molecule has 118 valence electrons. The van der Waals surface area contributed by atoms with Crippen LogP contribution in [0, 0.1) is 18.3 Å². The maximum absolute atomic E-state index is 11.2. The monoisotopic (exact) mass is 326 g/mol. The van der Waals surface area contributed by atoms with E-state index in [9.17, 15) is 9.47 Å². The molecule has 1 unspecified atom stereocenters. The number of rotatable bonds is 5. The fraction of sp³-hybridized carbons (Fsp3) is 0.294. The zero-order valence-corrected chi connectivity index (χ0v) is 14.0. The number of nitrogens with one attached hydrogen (secondary N) is 1. The van der Waals surface area contributed by atoms with Gasteiger partial charge < -0.3 is 5.32 Å². The predicted octanol–water partition coefficient (Wildman–Crippen LogP) is 2.85. The number of nitrogens with zero attached hydrogens (tertiary/aromatic N) is 3. The van der Waals surface area contributed by atoms with Crippen molar-refractivity contribution in [3.05, 3.63) is 41.5 Å². The summed E-state index contributed by atoms with van der Waals surface area (Å²) < 4.78 is 13.2. The first-order valence-corrected chi connectivity index (χ1v) is 9.19. The Labute approximate surface area is 137 Å². The second-order valence-corrected chi connectivity index (χ2v) is 7.07. The number of aromatic nitrogens is 2. The molecule has 0 bridgehead atoms. The first kappa shape index (κ1) is 15.5. The molecule has 0 fully saturated rings. The molecule has 23 heavy (non-hydrogen) atoms. The van der Waals surface area contributed by atoms with Gasteiger partial charge in [-0.25, -0.2) is 4.98 Å². The first-order chi connectivity index (χ1) is 11.1. The molecule has 0 aliphatic carbocycles. The van der Waals surface area contributed by atoms with Gasteiger partial charge in [0.1, 0.15) is 11.9 Å². The lowest BCUT2D eigenvalue weighted by Crippen LogP contribution is -2.10. The SMILES string of the molecule is Cc1cc(NCCCS(C)=O)n2c(nc3ccccc32)c1C#N. The molecule has 2 heterocycles. The molecule has 0 aliphatic heterocycles. The van der Waals surface area contributed by atoms with E-state index in [2.05, 4.69) is 16.4 Å². The molecule has 1 N–H and O–H groups in total. The van der Waals surface area contributed by atoms with Gasteiger partial charge in [-0.1, -0.05) is 12.1 Å². The summed E-state index contributed by atoms with van der Waals surface area (Å²) >= 11 is 0. The minimum absolute atomic E-state index is 0.599. The van der Waals surface area contributed by atoms with Crippen LogP contribution in [0.25, 0.3) is 16.7 Å². The van der Waals surface area contributed by atoms with Gasteiger partial charge in [0.2, 0.25) is 0 Å². The van der Waals surface area contributed by atoms with Crippen molar-refractivity contribution < 1.29 is 4.21 Å². The van der Waals surface area contributed by atoms with Crippen molar-refractivity contribution in [3.8, 4) is 6.07 Å². The molecule has 1 atom stereocenters. The van der Waals surface area contributed by atoms with E-state index in [-0.39, 0.29) is 0 Å². The van der Waals surface area contributed by atoms with Crippen molar-refractivity contribution >= 4 is 33.3 Å². The minimum Gasteiger partial charge on any atom is -0.371 e. The van der Waals surface area contributed by atoms with Crippen LogP contribution in [-0.4, -0.2) is 32.1 Å².